The second-order valence-electron chi connectivity index (χ2n) is 8.69. The molecule has 0 bridgehead atoms. The van der Waals surface area contributed by atoms with Gasteiger partial charge in [-0.1, -0.05) is 13.8 Å². The highest BCUT2D eigenvalue weighted by Gasteiger charge is 2.17. The first-order valence-corrected chi connectivity index (χ1v) is 14.1. The summed E-state index contributed by atoms with van der Waals surface area (Å²) < 4.78 is 34.2. The predicted octanol–water partition coefficient (Wildman–Crippen LogP) is 5.21. The number of nitrogens with one attached hydrogen (secondary N) is 3. The van der Waals surface area contributed by atoms with Crippen molar-refractivity contribution in [1.29, 1.82) is 0 Å². The molecule has 0 spiro atoms. The summed E-state index contributed by atoms with van der Waals surface area (Å²) in [4.78, 5) is 20.8. The standard InChI is InChI=1S/C25H28BrN5O4S2/c1-15(2)11-12-35-22-10-5-18(14-21(22)26)23(32)30-25(36)29-19-6-8-20(9-7-19)37(33,34)31-24-27-16(3)13-17(4)28-24/h5-10,13-15H,11-12H2,1-4H3,(H,27,28,31)(H2,29,30,32,36). The number of ether oxygens (including phenoxy) is 1. The van der Waals surface area contributed by atoms with Crippen LogP contribution in [0.4, 0.5) is 11.6 Å². The number of hydrogen-bond donors (Lipinski definition) is 3. The van der Waals surface area contributed by atoms with E-state index in [0.29, 0.717) is 45.4 Å². The van der Waals surface area contributed by atoms with Crippen molar-refractivity contribution in [3.05, 3.63) is 70.0 Å². The van der Waals surface area contributed by atoms with Crippen molar-refractivity contribution in [2.45, 2.75) is 39.0 Å². The fraction of sp³-hybridized carbons (Fsp3) is 0.280. The van der Waals surface area contributed by atoms with Crippen LogP contribution in [0.1, 0.15) is 42.0 Å². The van der Waals surface area contributed by atoms with Gasteiger partial charge < -0.3 is 10.1 Å². The Morgan fingerprint density at radius 1 is 1.05 bits per heavy atom. The molecular formula is C25H28BrN5O4S2. The third-order valence-corrected chi connectivity index (χ3v) is 7.17. The number of anilines is 2. The van der Waals surface area contributed by atoms with Crippen LogP contribution in [0.25, 0.3) is 0 Å². The van der Waals surface area contributed by atoms with Gasteiger partial charge in [0.05, 0.1) is 16.0 Å². The number of halogens is 1. The van der Waals surface area contributed by atoms with Crippen molar-refractivity contribution in [3.63, 3.8) is 0 Å². The average molecular weight is 607 g/mol. The number of nitrogens with zero attached hydrogens (tertiary/aromatic N) is 2. The minimum absolute atomic E-state index is 0.00498. The highest BCUT2D eigenvalue weighted by molar-refractivity contribution is 9.10. The average Bonchev–Trinajstić information content (AvgIpc) is 2.79. The van der Waals surface area contributed by atoms with Crippen LogP contribution in [-0.4, -0.2) is 36.0 Å². The summed E-state index contributed by atoms with van der Waals surface area (Å²) in [7, 11) is -3.89. The number of aryl methyl sites for hydroxylation is 2. The lowest BCUT2D eigenvalue weighted by Crippen LogP contribution is -2.34. The predicted molar refractivity (Wildman–Crippen MR) is 152 cm³/mol. The molecule has 2 aromatic carbocycles. The van der Waals surface area contributed by atoms with Gasteiger partial charge in [0.15, 0.2) is 5.11 Å². The van der Waals surface area contributed by atoms with E-state index in [1.165, 1.54) is 24.3 Å². The van der Waals surface area contributed by atoms with E-state index in [0.717, 1.165) is 6.42 Å². The van der Waals surface area contributed by atoms with Crippen LogP contribution in [0.3, 0.4) is 0 Å². The Bertz CT molecular complexity index is 1380. The molecule has 0 atom stereocenters. The summed E-state index contributed by atoms with van der Waals surface area (Å²) in [5.41, 5.74) is 2.20. The van der Waals surface area contributed by atoms with E-state index in [1.807, 2.05) is 0 Å². The summed E-state index contributed by atoms with van der Waals surface area (Å²) >= 11 is 8.68. The lowest BCUT2D eigenvalue weighted by molar-refractivity contribution is 0.0977. The quantitative estimate of drug-likeness (QED) is 0.284. The van der Waals surface area contributed by atoms with Gasteiger partial charge in [-0.05, 0) is 103 Å². The van der Waals surface area contributed by atoms with E-state index in [-0.39, 0.29) is 16.0 Å². The van der Waals surface area contributed by atoms with Gasteiger partial charge in [0.2, 0.25) is 5.95 Å². The maximum Gasteiger partial charge on any atom is 0.264 e. The van der Waals surface area contributed by atoms with Gasteiger partial charge in [-0.2, -0.15) is 0 Å². The van der Waals surface area contributed by atoms with E-state index in [1.54, 1.807) is 38.1 Å². The fourth-order valence-corrected chi connectivity index (χ4v) is 4.82. The van der Waals surface area contributed by atoms with Crippen LogP contribution < -0.4 is 20.1 Å². The molecule has 3 rings (SSSR count). The lowest BCUT2D eigenvalue weighted by atomic mass is 10.1. The van der Waals surface area contributed by atoms with Crippen molar-refractivity contribution in [3.8, 4) is 5.75 Å². The Morgan fingerprint density at radius 3 is 2.30 bits per heavy atom. The molecule has 0 aliphatic carbocycles. The number of aromatic nitrogens is 2. The Hall–Kier alpha value is -3.09. The second kappa shape index (κ2) is 12.4. The zero-order valence-electron chi connectivity index (χ0n) is 20.8. The summed E-state index contributed by atoms with van der Waals surface area (Å²) in [6, 6.07) is 12.7. The Kier molecular flexibility index (Phi) is 9.57. The number of rotatable bonds is 9. The minimum atomic E-state index is -3.89. The van der Waals surface area contributed by atoms with Crippen molar-refractivity contribution < 1.29 is 17.9 Å². The van der Waals surface area contributed by atoms with Gasteiger partial charge in [-0.15, -0.1) is 0 Å². The summed E-state index contributed by atoms with van der Waals surface area (Å²) in [6.45, 7) is 8.35. The molecule has 196 valence electrons. The third kappa shape index (κ3) is 8.48. The monoisotopic (exact) mass is 605 g/mol. The summed E-state index contributed by atoms with van der Waals surface area (Å²) in [5.74, 6) is 0.799. The van der Waals surface area contributed by atoms with Crippen molar-refractivity contribution >= 4 is 60.8 Å². The Labute approximate surface area is 230 Å². The molecule has 3 aromatic rings. The van der Waals surface area contributed by atoms with Gasteiger partial charge >= 0.3 is 0 Å². The second-order valence-corrected chi connectivity index (χ2v) is 11.6. The maximum absolute atomic E-state index is 12.7. The molecule has 0 radical (unpaired) electrons. The van der Waals surface area contributed by atoms with Crippen molar-refractivity contribution in [1.82, 2.24) is 15.3 Å². The number of sulfonamides is 1. The third-order valence-electron chi connectivity index (χ3n) is 5.00. The van der Waals surface area contributed by atoms with Crippen LogP contribution in [0, 0.1) is 19.8 Å². The van der Waals surface area contributed by atoms with Gasteiger partial charge in [-0.25, -0.2) is 23.1 Å². The van der Waals surface area contributed by atoms with E-state index >= 15 is 0 Å². The van der Waals surface area contributed by atoms with E-state index in [2.05, 4.69) is 55.1 Å². The highest BCUT2D eigenvalue weighted by Crippen LogP contribution is 2.26. The summed E-state index contributed by atoms with van der Waals surface area (Å²) in [6.07, 6.45) is 0.929. The van der Waals surface area contributed by atoms with E-state index < -0.39 is 15.9 Å². The van der Waals surface area contributed by atoms with Gasteiger partial charge in [0.25, 0.3) is 15.9 Å². The molecule has 0 fully saturated rings. The smallest absolute Gasteiger partial charge is 0.264 e. The van der Waals surface area contributed by atoms with Crippen molar-refractivity contribution in [2.75, 3.05) is 16.6 Å². The first-order valence-electron chi connectivity index (χ1n) is 11.4. The van der Waals surface area contributed by atoms with Crippen LogP contribution in [0.2, 0.25) is 0 Å². The van der Waals surface area contributed by atoms with Crippen LogP contribution in [-0.2, 0) is 10.0 Å². The van der Waals surface area contributed by atoms with Gasteiger partial charge in [-0.3, -0.25) is 10.1 Å². The van der Waals surface area contributed by atoms with Crippen LogP contribution >= 0.6 is 28.1 Å². The molecule has 0 saturated carbocycles. The molecule has 1 aromatic heterocycles. The van der Waals surface area contributed by atoms with Crippen LogP contribution in [0.15, 0.2) is 57.9 Å². The van der Waals surface area contributed by atoms with Gasteiger partial charge in [0, 0.05) is 22.6 Å². The molecule has 37 heavy (non-hydrogen) atoms. The molecule has 3 N–H and O–H groups in total. The molecule has 9 nitrogen and oxygen atoms in total. The number of thiocarbonyl (C=S) groups is 1. The molecular weight excluding hydrogens is 578 g/mol. The topological polar surface area (TPSA) is 122 Å². The SMILES string of the molecule is Cc1cc(C)nc(NS(=O)(=O)c2ccc(NC(=S)NC(=O)c3ccc(OCCC(C)C)c(Br)c3)cc2)n1. The summed E-state index contributed by atoms with van der Waals surface area (Å²) in [5, 5.41) is 5.55. The normalized spacial score (nSPS) is 11.2. The van der Waals surface area contributed by atoms with Crippen molar-refractivity contribution in [2.24, 2.45) is 5.92 Å². The zero-order valence-corrected chi connectivity index (χ0v) is 24.1. The largest absolute Gasteiger partial charge is 0.492 e. The molecule has 0 saturated heterocycles. The van der Waals surface area contributed by atoms with E-state index in [4.69, 9.17) is 17.0 Å². The Balaban J connectivity index is 1.58. The first-order chi connectivity index (χ1) is 17.4. The van der Waals surface area contributed by atoms with E-state index in [9.17, 15) is 13.2 Å². The number of carbonyl (C=O) groups excluding carboxylic acids is 1. The van der Waals surface area contributed by atoms with Crippen LogP contribution in [0.5, 0.6) is 5.75 Å². The molecule has 0 aliphatic rings. The molecule has 0 unspecified atom stereocenters. The zero-order chi connectivity index (χ0) is 27.2. The molecule has 12 heteroatoms. The highest BCUT2D eigenvalue weighted by atomic mass is 79.9. The minimum Gasteiger partial charge on any atom is -0.492 e. The van der Waals surface area contributed by atoms with Gasteiger partial charge in [0.1, 0.15) is 5.75 Å². The molecule has 0 aliphatic heterocycles. The lowest BCUT2D eigenvalue weighted by Gasteiger charge is -2.13. The maximum atomic E-state index is 12.7. The number of benzene rings is 2. The fourth-order valence-electron chi connectivity index (χ4n) is 3.17. The Morgan fingerprint density at radius 2 is 1.70 bits per heavy atom. The molecule has 1 heterocycles. The number of carbonyl (C=O) groups is 1. The molecule has 1 amide bonds. The first kappa shape index (κ1) is 28.5. The number of amides is 1. The number of hydrogen-bond acceptors (Lipinski definition) is 7.